The first-order chi connectivity index (χ1) is 26.6. The minimum atomic E-state index is -0.894. The van der Waals surface area contributed by atoms with Gasteiger partial charge in [0, 0.05) is 19.3 Å². The number of nitrogens with zero attached hydrogens (tertiary/aromatic N) is 1. The van der Waals surface area contributed by atoms with E-state index in [2.05, 4.69) is 98.9 Å². The summed E-state index contributed by atoms with van der Waals surface area (Å²) >= 11 is 0. The average Bonchev–Trinajstić information content (AvgIpc) is 3.14. The summed E-state index contributed by atoms with van der Waals surface area (Å²) in [6.07, 6.45) is 49.0. The van der Waals surface area contributed by atoms with E-state index in [1.54, 1.807) is 0 Å². The first-order valence-corrected chi connectivity index (χ1v) is 20.8. The van der Waals surface area contributed by atoms with Crippen LogP contribution in [0.1, 0.15) is 129 Å². The third-order valence-electron chi connectivity index (χ3n) is 8.49. The topological polar surface area (TPSA) is 99.1 Å². The van der Waals surface area contributed by atoms with Gasteiger partial charge in [0.05, 0.1) is 34.4 Å². The van der Waals surface area contributed by atoms with Crippen LogP contribution in [0.5, 0.6) is 0 Å². The molecule has 310 valence electrons. The van der Waals surface area contributed by atoms with E-state index >= 15 is 0 Å². The number of hydrogen-bond acceptors (Lipinski definition) is 6. The predicted molar refractivity (Wildman–Crippen MR) is 229 cm³/mol. The fourth-order valence-electron chi connectivity index (χ4n) is 5.33. The van der Waals surface area contributed by atoms with E-state index in [0.29, 0.717) is 19.3 Å². The van der Waals surface area contributed by atoms with Gasteiger partial charge in [-0.3, -0.25) is 9.59 Å². The maximum atomic E-state index is 12.7. The van der Waals surface area contributed by atoms with Crippen molar-refractivity contribution in [3.8, 4) is 0 Å². The Hall–Kier alpha value is -3.75. The van der Waals surface area contributed by atoms with Gasteiger partial charge < -0.3 is 23.8 Å². The lowest BCUT2D eigenvalue weighted by molar-refractivity contribution is -0.887. The molecule has 2 unspecified atom stereocenters. The molecule has 0 bridgehead atoms. The molecular weight excluding hydrogens is 691 g/mol. The summed E-state index contributed by atoms with van der Waals surface area (Å²) in [6.45, 7) is 4.38. The highest BCUT2D eigenvalue weighted by Gasteiger charge is 2.31. The van der Waals surface area contributed by atoms with E-state index in [4.69, 9.17) is 14.2 Å². The predicted octanol–water partition coefficient (Wildman–Crippen LogP) is 11.1. The van der Waals surface area contributed by atoms with E-state index < -0.39 is 24.1 Å². The summed E-state index contributed by atoms with van der Waals surface area (Å²) in [6, 6.07) is -0.635. The van der Waals surface area contributed by atoms with Crippen molar-refractivity contribution in [1.82, 2.24) is 0 Å². The second-order valence-electron chi connectivity index (χ2n) is 14.5. The Kier molecular flexibility index (Phi) is 34.7. The molecule has 8 nitrogen and oxygen atoms in total. The number of carboxylic acids is 1. The van der Waals surface area contributed by atoms with Gasteiger partial charge in [0.25, 0.3) is 0 Å². The maximum absolute atomic E-state index is 12.7. The van der Waals surface area contributed by atoms with Crippen molar-refractivity contribution in [1.29, 1.82) is 0 Å². The summed E-state index contributed by atoms with van der Waals surface area (Å²) < 4.78 is 17.1. The minimum Gasteiger partial charge on any atom is -0.477 e. The van der Waals surface area contributed by atoms with Crippen LogP contribution in [-0.2, 0) is 28.6 Å². The highest BCUT2D eigenvalue weighted by molar-refractivity contribution is 5.72. The van der Waals surface area contributed by atoms with E-state index in [1.807, 2.05) is 33.3 Å². The number of aliphatic carboxylic acids is 1. The van der Waals surface area contributed by atoms with Crippen molar-refractivity contribution in [3.05, 3.63) is 97.2 Å². The van der Waals surface area contributed by atoms with E-state index in [0.717, 1.165) is 89.9 Å². The van der Waals surface area contributed by atoms with Crippen LogP contribution in [0.4, 0.5) is 0 Å². The molecule has 0 heterocycles. The molecule has 8 heteroatoms. The Balaban J connectivity index is 4.55. The van der Waals surface area contributed by atoms with Gasteiger partial charge in [-0.05, 0) is 77.0 Å². The molecule has 0 saturated heterocycles. The molecule has 0 spiro atoms. The second kappa shape index (κ2) is 37.2. The van der Waals surface area contributed by atoms with Crippen LogP contribution < -0.4 is 0 Å². The van der Waals surface area contributed by atoms with E-state index in [9.17, 15) is 19.5 Å². The highest BCUT2D eigenvalue weighted by atomic mass is 16.6. The number of carboxylic acid groups (broad SMARTS) is 1. The zero-order chi connectivity index (χ0) is 40.7. The lowest BCUT2D eigenvalue weighted by Crippen LogP contribution is -2.50. The van der Waals surface area contributed by atoms with Crippen molar-refractivity contribution < 1.29 is 38.2 Å². The molecule has 0 aromatic heterocycles. The number of rotatable bonds is 35. The third kappa shape index (κ3) is 35.7. The Labute approximate surface area is 335 Å². The molecule has 0 aliphatic heterocycles. The van der Waals surface area contributed by atoms with Gasteiger partial charge in [-0.2, -0.15) is 0 Å². The van der Waals surface area contributed by atoms with Crippen molar-refractivity contribution in [2.24, 2.45) is 0 Å². The number of quaternary nitrogens is 1. The number of allylic oxidation sites excluding steroid dienone is 16. The molecule has 0 amide bonds. The summed E-state index contributed by atoms with van der Waals surface area (Å²) in [5, 5.41) is 9.60. The van der Waals surface area contributed by atoms with Gasteiger partial charge in [0.1, 0.15) is 6.61 Å². The van der Waals surface area contributed by atoms with Crippen LogP contribution >= 0.6 is 0 Å². The van der Waals surface area contributed by atoms with Crippen LogP contribution in [0.25, 0.3) is 0 Å². The van der Waals surface area contributed by atoms with Crippen molar-refractivity contribution >= 4 is 17.9 Å². The van der Waals surface area contributed by atoms with Crippen LogP contribution in [0, 0.1) is 0 Å². The molecule has 0 radical (unpaired) electrons. The first kappa shape index (κ1) is 51.2. The van der Waals surface area contributed by atoms with Crippen LogP contribution in [0.3, 0.4) is 0 Å². The number of unbranched alkanes of at least 4 members (excludes halogenated alkanes) is 5. The summed E-state index contributed by atoms with van der Waals surface area (Å²) in [5.41, 5.74) is 0. The SMILES string of the molecule is CC/C=C/C/C=C/C/C=C/C/C=C/C/C=C/C/C=C/CCC(=O)OC(COCCC(C(=O)O)[N+](C)(C)C)COC(=O)CCCCCCC/C=C/C/C=C/CC. The number of carbonyl (C=O) groups is 3. The first-order valence-electron chi connectivity index (χ1n) is 20.8. The van der Waals surface area contributed by atoms with Crippen LogP contribution in [-0.4, -0.2) is 80.6 Å². The quantitative estimate of drug-likeness (QED) is 0.0297. The number of hydrogen-bond donors (Lipinski definition) is 1. The standard InChI is InChI=1S/C47H75NO7/c1-6-8-10-12-14-16-18-20-21-22-23-24-25-26-28-30-32-34-36-38-46(50)55-43(41-53-40-39-44(47(51)52)48(3,4)5)42-54-45(49)37-35-33-31-29-27-19-17-15-13-11-9-7-2/h8-11,14-17,20-21,23-24,26,28,32,34,43-44H,6-7,12-13,18-19,22,25,27,29-31,33,35-42H2,1-5H3/p+1/b10-8+,11-9+,16-14+,17-15+,21-20+,24-23+,28-26+,34-32+. The zero-order valence-corrected chi connectivity index (χ0v) is 35.1. The van der Waals surface area contributed by atoms with Gasteiger partial charge in [-0.25, -0.2) is 4.79 Å². The lowest BCUT2D eigenvalue weighted by atomic mass is 10.1. The molecule has 1 N–H and O–H groups in total. The summed E-state index contributed by atoms with van der Waals surface area (Å²) in [4.78, 5) is 36.9. The second-order valence-corrected chi connectivity index (χ2v) is 14.5. The fraction of sp³-hybridized carbons (Fsp3) is 0.596. The van der Waals surface area contributed by atoms with E-state index in [1.165, 1.54) is 0 Å². The normalized spacial score (nSPS) is 14.0. The molecule has 2 atom stereocenters. The molecule has 0 fully saturated rings. The van der Waals surface area contributed by atoms with Crippen LogP contribution in [0.2, 0.25) is 0 Å². The van der Waals surface area contributed by atoms with Crippen molar-refractivity contribution in [2.75, 3.05) is 41.0 Å². The number of likely N-dealkylation sites (N-methyl/N-ethyl adjacent to an activating group) is 1. The molecule has 0 aromatic rings. The molecule has 0 aliphatic carbocycles. The lowest BCUT2D eigenvalue weighted by Gasteiger charge is -2.31. The van der Waals surface area contributed by atoms with Gasteiger partial charge in [0.15, 0.2) is 12.1 Å². The van der Waals surface area contributed by atoms with Gasteiger partial charge in [-0.15, -0.1) is 0 Å². The Morgan fingerprint density at radius 1 is 0.545 bits per heavy atom. The van der Waals surface area contributed by atoms with Gasteiger partial charge >= 0.3 is 17.9 Å². The molecule has 0 aromatic carbocycles. The molecule has 55 heavy (non-hydrogen) atoms. The van der Waals surface area contributed by atoms with Crippen molar-refractivity contribution in [3.63, 3.8) is 0 Å². The zero-order valence-electron chi connectivity index (χ0n) is 35.1. The molecule has 0 saturated carbocycles. The Morgan fingerprint density at radius 3 is 1.49 bits per heavy atom. The molecule has 0 rings (SSSR count). The Bertz CT molecular complexity index is 1220. The number of carbonyl (C=O) groups excluding carboxylic acids is 2. The van der Waals surface area contributed by atoms with Crippen molar-refractivity contribution in [2.45, 2.75) is 142 Å². The largest absolute Gasteiger partial charge is 0.477 e. The molecule has 0 aliphatic rings. The minimum absolute atomic E-state index is 0.0196. The maximum Gasteiger partial charge on any atom is 0.362 e. The number of ether oxygens (including phenoxy) is 3. The van der Waals surface area contributed by atoms with E-state index in [-0.39, 0.29) is 36.7 Å². The number of esters is 2. The summed E-state index contributed by atoms with van der Waals surface area (Å²) in [7, 11) is 5.48. The third-order valence-corrected chi connectivity index (χ3v) is 8.49. The molecular formula is C47H76NO7+. The van der Waals surface area contributed by atoms with Crippen LogP contribution in [0.15, 0.2) is 97.2 Å². The fourth-order valence-corrected chi connectivity index (χ4v) is 5.33. The monoisotopic (exact) mass is 767 g/mol. The van der Waals surface area contributed by atoms with Gasteiger partial charge in [0.2, 0.25) is 0 Å². The average molecular weight is 767 g/mol. The van der Waals surface area contributed by atoms with Gasteiger partial charge in [-0.1, -0.05) is 130 Å². The smallest absolute Gasteiger partial charge is 0.362 e. The Morgan fingerprint density at radius 2 is 1.00 bits per heavy atom. The summed E-state index contributed by atoms with van der Waals surface area (Å²) in [5.74, 6) is -1.61. The highest BCUT2D eigenvalue weighted by Crippen LogP contribution is 2.11.